The molecule has 15 heavy (non-hydrogen) atoms. The van der Waals surface area contributed by atoms with Crippen molar-refractivity contribution in [2.45, 2.75) is 19.9 Å². The molecule has 0 unspecified atom stereocenters. The molecule has 2 nitrogen and oxygen atoms in total. The van der Waals surface area contributed by atoms with Gasteiger partial charge in [-0.2, -0.15) is 4.74 Å². The fourth-order valence-electron chi connectivity index (χ4n) is 1.45. The van der Waals surface area contributed by atoms with Crippen LogP contribution in [0, 0.1) is 4.64 Å². The maximum absolute atomic E-state index is 5.67. The van der Waals surface area contributed by atoms with Gasteiger partial charge in [-0.1, -0.05) is 42.5 Å². The van der Waals surface area contributed by atoms with E-state index in [1.165, 1.54) is 0 Å². The van der Waals surface area contributed by atoms with Crippen molar-refractivity contribution in [3.05, 3.63) is 41.0 Å². The van der Waals surface area contributed by atoms with E-state index < -0.39 is 0 Å². The van der Waals surface area contributed by atoms with Crippen LogP contribution in [-0.4, -0.2) is 4.74 Å². The average Bonchev–Trinajstić information content (AvgIpc) is 2.62. The number of rotatable bonds is 2. The summed E-state index contributed by atoms with van der Waals surface area (Å²) in [7, 11) is 0. The van der Waals surface area contributed by atoms with Crippen LogP contribution < -0.4 is 0 Å². The second kappa shape index (κ2) is 4.03. The Morgan fingerprint density at radius 3 is 2.40 bits per heavy atom. The van der Waals surface area contributed by atoms with Gasteiger partial charge in [-0.3, -0.25) is 0 Å². The fraction of sp³-hybridized carbons (Fsp3) is 0.250. The van der Waals surface area contributed by atoms with Crippen LogP contribution in [0.15, 0.2) is 40.9 Å². The predicted molar refractivity (Wildman–Crippen MR) is 63.4 cm³/mol. The minimum absolute atomic E-state index is 0.259. The van der Waals surface area contributed by atoms with Gasteiger partial charge >= 0.3 is 0 Å². The van der Waals surface area contributed by atoms with Crippen LogP contribution >= 0.6 is 12.2 Å². The van der Waals surface area contributed by atoms with Crippen LogP contribution in [0.3, 0.4) is 0 Å². The van der Waals surface area contributed by atoms with Crippen LogP contribution in [0.5, 0.6) is 0 Å². The third-order valence-electron chi connectivity index (χ3n) is 2.20. The Kier molecular flexibility index (Phi) is 2.73. The van der Waals surface area contributed by atoms with E-state index in [0.29, 0.717) is 0 Å². The van der Waals surface area contributed by atoms with Gasteiger partial charge in [-0.25, -0.2) is 0 Å². The molecule has 0 bridgehead atoms. The zero-order chi connectivity index (χ0) is 10.8. The lowest BCUT2D eigenvalue weighted by Gasteiger charge is -2.03. The van der Waals surface area contributed by atoms with E-state index in [1.807, 2.05) is 50.2 Å². The standard InChI is InChI=1S/C12H13NOS/c1-9(2)13-12(15)8-11(14-13)10-6-4-3-5-7-10/h3-9H,1-2H3. The summed E-state index contributed by atoms with van der Waals surface area (Å²) in [6.45, 7) is 4.10. The zero-order valence-corrected chi connectivity index (χ0v) is 9.62. The van der Waals surface area contributed by atoms with Gasteiger partial charge in [0.1, 0.15) is 4.64 Å². The molecule has 0 atom stereocenters. The molecule has 2 rings (SSSR count). The van der Waals surface area contributed by atoms with E-state index in [9.17, 15) is 0 Å². The van der Waals surface area contributed by atoms with Gasteiger partial charge in [0.25, 0.3) is 0 Å². The van der Waals surface area contributed by atoms with Crippen LogP contribution in [0.25, 0.3) is 11.3 Å². The fourth-order valence-corrected chi connectivity index (χ4v) is 1.81. The lowest BCUT2D eigenvalue weighted by atomic mass is 10.2. The summed E-state index contributed by atoms with van der Waals surface area (Å²) >= 11 is 5.22. The highest BCUT2D eigenvalue weighted by Crippen LogP contribution is 2.22. The Balaban J connectivity index is 2.48. The molecule has 0 aliphatic carbocycles. The van der Waals surface area contributed by atoms with Crippen molar-refractivity contribution < 1.29 is 4.52 Å². The number of benzene rings is 1. The summed E-state index contributed by atoms with van der Waals surface area (Å²) in [5.41, 5.74) is 1.06. The molecule has 0 amide bonds. The van der Waals surface area contributed by atoms with Gasteiger partial charge in [-0.05, 0) is 13.8 Å². The quantitative estimate of drug-likeness (QED) is 0.709. The van der Waals surface area contributed by atoms with Crippen molar-refractivity contribution in [3.8, 4) is 11.3 Å². The van der Waals surface area contributed by atoms with E-state index in [4.69, 9.17) is 16.7 Å². The molecule has 78 valence electrons. The Morgan fingerprint density at radius 1 is 1.20 bits per heavy atom. The number of hydrogen-bond donors (Lipinski definition) is 0. The SMILES string of the molecule is CC(C)n1oc(-c2ccccc2)cc1=S. The van der Waals surface area contributed by atoms with Gasteiger partial charge < -0.3 is 4.52 Å². The van der Waals surface area contributed by atoms with Crippen molar-refractivity contribution in [2.75, 3.05) is 0 Å². The van der Waals surface area contributed by atoms with Crippen molar-refractivity contribution >= 4 is 12.2 Å². The maximum atomic E-state index is 5.67. The minimum atomic E-state index is 0.259. The predicted octanol–water partition coefficient (Wildman–Crippen LogP) is 4.06. The van der Waals surface area contributed by atoms with E-state index in [-0.39, 0.29) is 6.04 Å². The van der Waals surface area contributed by atoms with Crippen molar-refractivity contribution in [2.24, 2.45) is 0 Å². The van der Waals surface area contributed by atoms with Crippen molar-refractivity contribution in [1.29, 1.82) is 0 Å². The Morgan fingerprint density at radius 2 is 1.87 bits per heavy atom. The lowest BCUT2D eigenvalue weighted by Crippen LogP contribution is -1.97. The normalized spacial score (nSPS) is 10.9. The summed E-state index contributed by atoms with van der Waals surface area (Å²) < 4.78 is 8.16. The van der Waals surface area contributed by atoms with Crippen molar-refractivity contribution in [3.63, 3.8) is 0 Å². The second-order valence-electron chi connectivity index (χ2n) is 3.72. The van der Waals surface area contributed by atoms with E-state index in [1.54, 1.807) is 4.74 Å². The lowest BCUT2D eigenvalue weighted by molar-refractivity contribution is 0.243. The first-order chi connectivity index (χ1) is 7.18. The highest BCUT2D eigenvalue weighted by Gasteiger charge is 2.07. The van der Waals surface area contributed by atoms with Crippen molar-refractivity contribution in [1.82, 2.24) is 4.74 Å². The highest BCUT2D eigenvalue weighted by atomic mass is 32.1. The highest BCUT2D eigenvalue weighted by molar-refractivity contribution is 7.71. The van der Waals surface area contributed by atoms with E-state index >= 15 is 0 Å². The third-order valence-corrected chi connectivity index (χ3v) is 2.49. The maximum Gasteiger partial charge on any atom is 0.165 e. The Labute approximate surface area is 94.1 Å². The minimum Gasteiger partial charge on any atom is -0.378 e. The van der Waals surface area contributed by atoms with Gasteiger partial charge in [0.2, 0.25) is 0 Å². The first-order valence-electron chi connectivity index (χ1n) is 4.97. The molecule has 0 radical (unpaired) electrons. The summed E-state index contributed by atoms with van der Waals surface area (Å²) in [5, 5.41) is 0. The first-order valence-corrected chi connectivity index (χ1v) is 5.37. The van der Waals surface area contributed by atoms with Gasteiger partial charge in [0.05, 0.1) is 6.04 Å². The molecule has 1 aromatic heterocycles. The summed E-state index contributed by atoms with van der Waals surface area (Å²) in [4.78, 5) is 0. The van der Waals surface area contributed by atoms with Gasteiger partial charge in [0.15, 0.2) is 5.76 Å². The molecule has 0 saturated heterocycles. The molecule has 2 aromatic rings. The largest absolute Gasteiger partial charge is 0.378 e. The summed E-state index contributed by atoms with van der Waals surface area (Å²) in [5.74, 6) is 0.828. The summed E-state index contributed by atoms with van der Waals surface area (Å²) in [6.07, 6.45) is 0. The van der Waals surface area contributed by atoms with Crippen LogP contribution in [-0.2, 0) is 0 Å². The molecule has 1 aromatic carbocycles. The number of aromatic nitrogens is 1. The molecule has 1 heterocycles. The molecule has 0 aliphatic rings. The van der Waals surface area contributed by atoms with Crippen LogP contribution in [0.1, 0.15) is 19.9 Å². The van der Waals surface area contributed by atoms with Gasteiger partial charge in [-0.15, -0.1) is 0 Å². The second-order valence-corrected chi connectivity index (χ2v) is 4.14. The molecule has 0 saturated carbocycles. The smallest absolute Gasteiger partial charge is 0.165 e. The molecular weight excluding hydrogens is 206 g/mol. The zero-order valence-electron chi connectivity index (χ0n) is 8.81. The first kappa shape index (κ1) is 10.2. The number of hydrogen-bond acceptors (Lipinski definition) is 2. The molecule has 0 fully saturated rings. The molecule has 0 aliphatic heterocycles. The monoisotopic (exact) mass is 219 g/mol. The molecular formula is C12H13NOS. The Bertz CT molecular complexity index is 496. The molecule has 3 heteroatoms. The topological polar surface area (TPSA) is 18.1 Å². The van der Waals surface area contributed by atoms with E-state index in [0.717, 1.165) is 16.0 Å². The van der Waals surface area contributed by atoms with Crippen LogP contribution in [0.2, 0.25) is 0 Å². The summed E-state index contributed by atoms with van der Waals surface area (Å²) in [6, 6.07) is 12.1. The molecule has 0 spiro atoms. The molecule has 0 N–H and O–H groups in total. The average molecular weight is 219 g/mol. The Hall–Kier alpha value is -1.35. The van der Waals surface area contributed by atoms with Gasteiger partial charge in [0, 0.05) is 11.6 Å². The van der Waals surface area contributed by atoms with Crippen LogP contribution in [0.4, 0.5) is 0 Å². The third kappa shape index (κ3) is 2.02. The van der Waals surface area contributed by atoms with E-state index in [2.05, 4.69) is 0 Å². The number of nitrogens with zero attached hydrogens (tertiary/aromatic N) is 1.